The minimum atomic E-state index is -0.483. The fourth-order valence-electron chi connectivity index (χ4n) is 2.20. The number of amides is 1. The van der Waals surface area contributed by atoms with E-state index in [1.807, 2.05) is 50.7 Å². The van der Waals surface area contributed by atoms with Gasteiger partial charge in [-0.15, -0.1) is 0 Å². The minimum Gasteiger partial charge on any atom is -0.492 e. The zero-order valence-corrected chi connectivity index (χ0v) is 14.9. The summed E-state index contributed by atoms with van der Waals surface area (Å²) in [6.07, 6.45) is 0.783. The van der Waals surface area contributed by atoms with Crippen LogP contribution in [0, 0.1) is 0 Å². The van der Waals surface area contributed by atoms with E-state index in [4.69, 9.17) is 9.47 Å². The number of carbonyl (C=O) groups excluding carboxylic acids is 1. The Bertz CT molecular complexity index is 511. The smallest absolute Gasteiger partial charge is 0.407 e. The lowest BCUT2D eigenvalue weighted by Gasteiger charge is -2.19. The molecule has 1 heterocycles. The molecular weight excluding hydrogens is 312 g/mol. The summed E-state index contributed by atoms with van der Waals surface area (Å²) in [6, 6.07) is 8.48. The van der Waals surface area contributed by atoms with E-state index in [0.29, 0.717) is 19.2 Å². The second-order valence-electron chi connectivity index (χ2n) is 6.51. The van der Waals surface area contributed by atoms with Gasteiger partial charge in [-0.05, 0) is 45.1 Å². The van der Waals surface area contributed by atoms with E-state index in [2.05, 4.69) is 16.7 Å². The molecule has 1 amide bonds. The molecule has 0 aromatic heterocycles. The van der Waals surface area contributed by atoms with Gasteiger partial charge in [-0.25, -0.2) is 4.79 Å². The summed E-state index contributed by atoms with van der Waals surface area (Å²) >= 11 is 1.98. The molecule has 1 saturated heterocycles. The molecule has 1 aliphatic rings. The highest BCUT2D eigenvalue weighted by Gasteiger charge is 2.16. The molecule has 23 heavy (non-hydrogen) atoms. The summed E-state index contributed by atoms with van der Waals surface area (Å²) in [5.74, 6) is 3.18. The fourth-order valence-corrected chi connectivity index (χ4v) is 3.35. The second kappa shape index (κ2) is 8.34. The fraction of sp³-hybridized carbons (Fsp3) is 0.588. The van der Waals surface area contributed by atoms with Crippen molar-refractivity contribution >= 4 is 23.5 Å². The Morgan fingerprint density at radius 1 is 1.39 bits per heavy atom. The first-order valence-corrected chi connectivity index (χ1v) is 9.12. The standard InChI is InChI=1S/C17H26N2O3S/c1-17(2,3)22-16(20)18-8-9-21-15-6-4-5-13(11-15)19-14-7-10-23-12-14/h4-6,11,14,19H,7-10,12H2,1-3H3,(H,18,20). The number of nitrogens with one attached hydrogen (secondary N) is 2. The van der Waals surface area contributed by atoms with E-state index in [1.54, 1.807) is 0 Å². The molecule has 6 heteroatoms. The number of benzene rings is 1. The second-order valence-corrected chi connectivity index (χ2v) is 7.66. The van der Waals surface area contributed by atoms with Crippen LogP contribution in [0.1, 0.15) is 27.2 Å². The molecule has 0 saturated carbocycles. The third-order valence-electron chi connectivity index (χ3n) is 3.17. The van der Waals surface area contributed by atoms with Gasteiger partial charge in [-0.2, -0.15) is 11.8 Å². The molecule has 0 spiro atoms. The number of carbonyl (C=O) groups is 1. The number of alkyl carbamates (subject to hydrolysis) is 1. The maximum atomic E-state index is 11.5. The van der Waals surface area contributed by atoms with E-state index in [0.717, 1.165) is 17.2 Å². The molecule has 1 aromatic rings. The Morgan fingerprint density at radius 2 is 2.22 bits per heavy atom. The number of hydrogen-bond donors (Lipinski definition) is 2. The van der Waals surface area contributed by atoms with Crippen molar-refractivity contribution in [2.45, 2.75) is 38.8 Å². The van der Waals surface area contributed by atoms with Gasteiger partial charge in [-0.3, -0.25) is 0 Å². The quantitative estimate of drug-likeness (QED) is 0.777. The van der Waals surface area contributed by atoms with Crippen molar-refractivity contribution in [3.05, 3.63) is 24.3 Å². The zero-order valence-electron chi connectivity index (χ0n) is 14.1. The van der Waals surface area contributed by atoms with Crippen molar-refractivity contribution in [1.82, 2.24) is 5.32 Å². The van der Waals surface area contributed by atoms with E-state index < -0.39 is 11.7 Å². The van der Waals surface area contributed by atoms with Gasteiger partial charge in [0, 0.05) is 23.5 Å². The lowest BCUT2D eigenvalue weighted by atomic mass is 10.2. The summed E-state index contributed by atoms with van der Waals surface area (Å²) in [4.78, 5) is 11.5. The summed E-state index contributed by atoms with van der Waals surface area (Å²) in [5, 5.41) is 6.20. The molecular formula is C17H26N2O3S. The lowest BCUT2D eigenvalue weighted by Crippen LogP contribution is -2.34. The van der Waals surface area contributed by atoms with Crippen LogP contribution in [-0.4, -0.2) is 42.4 Å². The van der Waals surface area contributed by atoms with Crippen molar-refractivity contribution in [1.29, 1.82) is 0 Å². The average Bonchev–Trinajstić information content (AvgIpc) is 2.95. The van der Waals surface area contributed by atoms with Gasteiger partial charge in [0.2, 0.25) is 0 Å². The number of ether oxygens (including phenoxy) is 2. The summed E-state index contributed by atoms with van der Waals surface area (Å²) in [6.45, 7) is 6.33. The van der Waals surface area contributed by atoms with Crippen LogP contribution in [0.2, 0.25) is 0 Å². The number of rotatable bonds is 6. The van der Waals surface area contributed by atoms with Crippen LogP contribution in [0.3, 0.4) is 0 Å². The van der Waals surface area contributed by atoms with Crippen LogP contribution >= 0.6 is 11.8 Å². The number of thioether (sulfide) groups is 1. The first-order valence-electron chi connectivity index (χ1n) is 7.96. The minimum absolute atomic E-state index is 0.405. The first kappa shape index (κ1) is 17.8. The molecule has 1 atom stereocenters. The Hall–Kier alpha value is -1.56. The molecule has 1 aromatic carbocycles. The monoisotopic (exact) mass is 338 g/mol. The van der Waals surface area contributed by atoms with Gasteiger partial charge >= 0.3 is 6.09 Å². The predicted octanol–water partition coefficient (Wildman–Crippen LogP) is 3.51. The van der Waals surface area contributed by atoms with E-state index in [1.165, 1.54) is 12.2 Å². The average molecular weight is 338 g/mol. The normalized spacial score (nSPS) is 17.6. The Labute approximate surface area is 142 Å². The Balaban J connectivity index is 1.70. The van der Waals surface area contributed by atoms with Crippen molar-refractivity contribution in [3.63, 3.8) is 0 Å². The molecule has 1 aliphatic heterocycles. The molecule has 0 aliphatic carbocycles. The maximum Gasteiger partial charge on any atom is 0.407 e. The molecule has 1 unspecified atom stereocenters. The van der Waals surface area contributed by atoms with Crippen LogP contribution in [0.15, 0.2) is 24.3 Å². The van der Waals surface area contributed by atoms with Crippen molar-refractivity contribution in [2.24, 2.45) is 0 Å². The largest absolute Gasteiger partial charge is 0.492 e. The third-order valence-corrected chi connectivity index (χ3v) is 4.34. The molecule has 2 rings (SSSR count). The Morgan fingerprint density at radius 3 is 2.91 bits per heavy atom. The van der Waals surface area contributed by atoms with Crippen molar-refractivity contribution < 1.29 is 14.3 Å². The molecule has 1 fully saturated rings. The van der Waals surface area contributed by atoms with Gasteiger partial charge in [0.25, 0.3) is 0 Å². The first-order chi connectivity index (χ1) is 10.9. The van der Waals surface area contributed by atoms with Gasteiger partial charge in [-0.1, -0.05) is 6.07 Å². The van der Waals surface area contributed by atoms with Crippen LogP contribution < -0.4 is 15.4 Å². The summed E-state index contributed by atoms with van der Waals surface area (Å²) in [5.41, 5.74) is 0.596. The predicted molar refractivity (Wildman–Crippen MR) is 95.5 cm³/mol. The Kier molecular flexibility index (Phi) is 6.45. The molecule has 0 radical (unpaired) electrons. The molecule has 0 bridgehead atoms. The van der Waals surface area contributed by atoms with Crippen molar-refractivity contribution in [3.8, 4) is 5.75 Å². The van der Waals surface area contributed by atoms with E-state index >= 15 is 0 Å². The van der Waals surface area contributed by atoms with Gasteiger partial charge < -0.3 is 20.1 Å². The van der Waals surface area contributed by atoms with E-state index in [9.17, 15) is 4.79 Å². The molecule has 128 valence electrons. The zero-order chi connectivity index (χ0) is 16.7. The molecule has 2 N–H and O–H groups in total. The summed E-state index contributed by atoms with van der Waals surface area (Å²) < 4.78 is 10.8. The van der Waals surface area contributed by atoms with Gasteiger partial charge in [0.05, 0.1) is 6.54 Å². The highest BCUT2D eigenvalue weighted by atomic mass is 32.2. The highest BCUT2D eigenvalue weighted by Crippen LogP contribution is 2.23. The van der Waals surface area contributed by atoms with Crippen molar-refractivity contribution in [2.75, 3.05) is 30.0 Å². The summed E-state index contributed by atoms with van der Waals surface area (Å²) in [7, 11) is 0. The van der Waals surface area contributed by atoms with Gasteiger partial charge in [0.1, 0.15) is 18.0 Å². The molecule has 5 nitrogen and oxygen atoms in total. The lowest BCUT2D eigenvalue weighted by molar-refractivity contribution is 0.0520. The number of hydrogen-bond acceptors (Lipinski definition) is 5. The highest BCUT2D eigenvalue weighted by molar-refractivity contribution is 7.99. The third kappa shape index (κ3) is 7.03. The van der Waals surface area contributed by atoms with E-state index in [-0.39, 0.29) is 0 Å². The maximum absolute atomic E-state index is 11.5. The van der Waals surface area contributed by atoms with Crippen LogP contribution in [-0.2, 0) is 4.74 Å². The van der Waals surface area contributed by atoms with Crippen LogP contribution in [0.5, 0.6) is 5.75 Å². The van der Waals surface area contributed by atoms with Gasteiger partial charge in [0.15, 0.2) is 0 Å². The van der Waals surface area contributed by atoms with Crippen LogP contribution in [0.25, 0.3) is 0 Å². The number of anilines is 1. The topological polar surface area (TPSA) is 59.6 Å². The SMILES string of the molecule is CC(C)(C)OC(=O)NCCOc1cccc(NC2CCSC2)c1. The van der Waals surface area contributed by atoms with Crippen LogP contribution in [0.4, 0.5) is 10.5 Å².